The number of nitrogens with zero attached hydrogens (tertiary/aromatic N) is 1. The van der Waals surface area contributed by atoms with Gasteiger partial charge in [0, 0.05) is 25.6 Å². The summed E-state index contributed by atoms with van der Waals surface area (Å²) in [6, 6.07) is 4.22. The van der Waals surface area contributed by atoms with Gasteiger partial charge in [0.2, 0.25) is 11.8 Å². The highest BCUT2D eigenvalue weighted by molar-refractivity contribution is 6.24. The van der Waals surface area contributed by atoms with E-state index in [4.69, 9.17) is 0 Å². The third-order valence-corrected chi connectivity index (χ3v) is 5.74. The number of β-amino-alcohol motifs (C(OH)–C–C–N with tert-alkyl or cyclic N) is 1. The van der Waals surface area contributed by atoms with Crippen LogP contribution < -0.4 is 16.0 Å². The minimum Gasteiger partial charge on any atom is -0.392 e. The standard InChI is InChI=1S/C20H24N4O5/c25-13-8-12(6-7-21-10-13)22-9-11-2-1-3-14-17(11)20(29)24(19(14)28)15-4-5-16(26)23-18(15)27/h1-3,12-13,15,21-22,25H,4-10H2,(H,23,26,27)/t12-,13-,15?/m0/s1. The Hall–Kier alpha value is -2.62. The number of carbonyl (C=O) groups excluding carboxylic acids is 4. The van der Waals surface area contributed by atoms with Gasteiger partial charge in [0.15, 0.2) is 0 Å². The van der Waals surface area contributed by atoms with E-state index in [-0.39, 0.29) is 24.4 Å². The number of carbonyl (C=O) groups is 4. The van der Waals surface area contributed by atoms with Crippen LogP contribution in [0, 0.1) is 0 Å². The summed E-state index contributed by atoms with van der Waals surface area (Å²) in [7, 11) is 0. The molecule has 3 heterocycles. The zero-order chi connectivity index (χ0) is 20.5. The van der Waals surface area contributed by atoms with Gasteiger partial charge in [-0.05, 0) is 37.4 Å². The molecule has 9 heteroatoms. The Balaban J connectivity index is 1.53. The maximum Gasteiger partial charge on any atom is 0.262 e. The lowest BCUT2D eigenvalue weighted by Gasteiger charge is -2.27. The number of benzene rings is 1. The first-order valence-electron chi connectivity index (χ1n) is 9.91. The maximum atomic E-state index is 13.1. The molecule has 3 aliphatic heterocycles. The molecule has 1 aromatic carbocycles. The monoisotopic (exact) mass is 400 g/mol. The number of hydrogen-bond donors (Lipinski definition) is 4. The molecule has 0 aliphatic carbocycles. The van der Waals surface area contributed by atoms with E-state index in [9.17, 15) is 24.3 Å². The number of hydrogen-bond acceptors (Lipinski definition) is 7. The number of nitrogens with one attached hydrogen (secondary N) is 3. The second kappa shape index (κ2) is 8.02. The highest BCUT2D eigenvalue weighted by Crippen LogP contribution is 2.30. The fourth-order valence-electron chi connectivity index (χ4n) is 4.25. The Bertz CT molecular complexity index is 870. The molecular weight excluding hydrogens is 376 g/mol. The Morgan fingerprint density at radius 2 is 1.97 bits per heavy atom. The zero-order valence-electron chi connectivity index (χ0n) is 15.9. The summed E-state index contributed by atoms with van der Waals surface area (Å²) in [5.74, 6) is -2.02. The van der Waals surface area contributed by atoms with Crippen molar-refractivity contribution in [3.8, 4) is 0 Å². The second-order valence-electron chi connectivity index (χ2n) is 7.75. The van der Waals surface area contributed by atoms with E-state index < -0.39 is 35.8 Å². The summed E-state index contributed by atoms with van der Waals surface area (Å²) in [6.45, 7) is 1.73. The van der Waals surface area contributed by atoms with Gasteiger partial charge < -0.3 is 15.7 Å². The molecule has 29 heavy (non-hydrogen) atoms. The predicted molar refractivity (Wildman–Crippen MR) is 102 cm³/mol. The molecule has 0 bridgehead atoms. The molecule has 3 atom stereocenters. The number of rotatable bonds is 4. The number of fused-ring (bicyclic) bond motifs is 1. The van der Waals surface area contributed by atoms with Crippen LogP contribution in [0.2, 0.25) is 0 Å². The van der Waals surface area contributed by atoms with E-state index in [0.717, 1.165) is 17.9 Å². The molecule has 0 saturated carbocycles. The van der Waals surface area contributed by atoms with Crippen molar-refractivity contribution >= 4 is 23.6 Å². The average Bonchev–Trinajstić information content (AvgIpc) is 2.83. The topological polar surface area (TPSA) is 128 Å². The van der Waals surface area contributed by atoms with Gasteiger partial charge >= 0.3 is 0 Å². The van der Waals surface area contributed by atoms with E-state index in [0.29, 0.717) is 30.6 Å². The predicted octanol–water partition coefficient (Wildman–Crippen LogP) is -0.710. The highest BCUT2D eigenvalue weighted by Gasteiger charge is 2.45. The smallest absolute Gasteiger partial charge is 0.262 e. The van der Waals surface area contributed by atoms with Crippen molar-refractivity contribution in [1.82, 2.24) is 20.9 Å². The van der Waals surface area contributed by atoms with E-state index in [2.05, 4.69) is 16.0 Å². The number of amides is 4. The highest BCUT2D eigenvalue weighted by atomic mass is 16.3. The fraction of sp³-hybridized carbons (Fsp3) is 0.500. The molecule has 9 nitrogen and oxygen atoms in total. The van der Waals surface area contributed by atoms with Crippen LogP contribution in [0.4, 0.5) is 0 Å². The van der Waals surface area contributed by atoms with Crippen LogP contribution in [0.1, 0.15) is 52.0 Å². The van der Waals surface area contributed by atoms with Gasteiger partial charge in [0.25, 0.3) is 11.8 Å². The van der Waals surface area contributed by atoms with Crippen molar-refractivity contribution < 1.29 is 24.3 Å². The lowest BCUT2D eigenvalue weighted by Crippen LogP contribution is -2.54. The number of aliphatic hydroxyl groups excluding tert-OH is 1. The minimum absolute atomic E-state index is 0.0919. The zero-order valence-corrected chi connectivity index (χ0v) is 15.9. The quantitative estimate of drug-likeness (QED) is 0.492. The number of piperidine rings is 1. The Kier molecular flexibility index (Phi) is 5.44. The molecule has 3 aliphatic rings. The van der Waals surface area contributed by atoms with Crippen LogP contribution in [0.5, 0.6) is 0 Å². The summed E-state index contributed by atoms with van der Waals surface area (Å²) in [5, 5.41) is 18.7. The molecule has 154 valence electrons. The van der Waals surface area contributed by atoms with Gasteiger partial charge in [-0.15, -0.1) is 0 Å². The van der Waals surface area contributed by atoms with Crippen molar-refractivity contribution in [3.63, 3.8) is 0 Å². The maximum absolute atomic E-state index is 13.1. The molecule has 2 fully saturated rings. The van der Waals surface area contributed by atoms with E-state index >= 15 is 0 Å². The molecule has 0 spiro atoms. The van der Waals surface area contributed by atoms with Gasteiger partial charge in [0.1, 0.15) is 6.04 Å². The van der Waals surface area contributed by atoms with Crippen LogP contribution in [0.15, 0.2) is 18.2 Å². The van der Waals surface area contributed by atoms with Gasteiger partial charge in [-0.2, -0.15) is 0 Å². The molecule has 0 radical (unpaired) electrons. The van der Waals surface area contributed by atoms with Crippen molar-refractivity contribution in [3.05, 3.63) is 34.9 Å². The van der Waals surface area contributed by atoms with Crippen LogP contribution in [-0.4, -0.2) is 64.9 Å². The number of imide groups is 2. The molecule has 4 N–H and O–H groups in total. The first kappa shape index (κ1) is 19.7. The van der Waals surface area contributed by atoms with Gasteiger partial charge in [-0.1, -0.05) is 12.1 Å². The fourth-order valence-corrected chi connectivity index (χ4v) is 4.25. The Morgan fingerprint density at radius 1 is 1.14 bits per heavy atom. The summed E-state index contributed by atoms with van der Waals surface area (Å²) in [4.78, 5) is 50.5. The van der Waals surface area contributed by atoms with Gasteiger partial charge in [-0.3, -0.25) is 29.4 Å². The van der Waals surface area contributed by atoms with Gasteiger partial charge in [0.05, 0.1) is 17.2 Å². The third kappa shape index (κ3) is 3.81. The van der Waals surface area contributed by atoms with Crippen molar-refractivity contribution in [2.24, 2.45) is 0 Å². The molecule has 1 aromatic rings. The van der Waals surface area contributed by atoms with E-state index in [1.807, 2.05) is 0 Å². The largest absolute Gasteiger partial charge is 0.392 e. The first-order chi connectivity index (χ1) is 14.0. The molecule has 2 saturated heterocycles. The van der Waals surface area contributed by atoms with Crippen molar-refractivity contribution in [2.45, 2.75) is 50.4 Å². The summed E-state index contributed by atoms with van der Waals surface area (Å²) in [5.41, 5.74) is 1.27. The van der Waals surface area contributed by atoms with E-state index in [1.165, 1.54) is 0 Å². The second-order valence-corrected chi connectivity index (χ2v) is 7.75. The first-order valence-corrected chi connectivity index (χ1v) is 9.91. The minimum atomic E-state index is -0.969. The molecule has 4 rings (SSSR count). The van der Waals surface area contributed by atoms with E-state index in [1.54, 1.807) is 18.2 Å². The SMILES string of the molecule is O=C1CCC(N2C(=O)c3cccc(CN[C@H]4CCNC[C@@H](O)C4)c3C2=O)C(=O)N1. The lowest BCUT2D eigenvalue weighted by atomic mass is 10.0. The van der Waals surface area contributed by atoms with Crippen molar-refractivity contribution in [2.75, 3.05) is 13.1 Å². The Labute approximate surface area is 167 Å². The molecule has 4 amide bonds. The third-order valence-electron chi connectivity index (χ3n) is 5.74. The summed E-state index contributed by atoms with van der Waals surface area (Å²) < 4.78 is 0. The average molecular weight is 400 g/mol. The number of aliphatic hydroxyl groups is 1. The van der Waals surface area contributed by atoms with Crippen LogP contribution in [-0.2, 0) is 16.1 Å². The molecular formula is C20H24N4O5. The van der Waals surface area contributed by atoms with Crippen LogP contribution >= 0.6 is 0 Å². The lowest BCUT2D eigenvalue weighted by molar-refractivity contribution is -0.136. The van der Waals surface area contributed by atoms with Crippen molar-refractivity contribution in [1.29, 1.82) is 0 Å². The molecule has 1 unspecified atom stereocenters. The Morgan fingerprint density at radius 3 is 2.76 bits per heavy atom. The van der Waals surface area contributed by atoms with Crippen LogP contribution in [0.25, 0.3) is 0 Å². The normalized spacial score (nSPS) is 27.6. The van der Waals surface area contributed by atoms with Crippen LogP contribution in [0.3, 0.4) is 0 Å². The van der Waals surface area contributed by atoms with Gasteiger partial charge in [-0.25, -0.2) is 0 Å². The summed E-state index contributed by atoms with van der Waals surface area (Å²) in [6.07, 6.45) is 1.26. The summed E-state index contributed by atoms with van der Waals surface area (Å²) >= 11 is 0. The molecule has 0 aromatic heterocycles.